The van der Waals surface area contributed by atoms with Crippen molar-refractivity contribution in [2.24, 2.45) is 5.92 Å². The Labute approximate surface area is 272 Å². The van der Waals surface area contributed by atoms with Gasteiger partial charge in [-0.2, -0.15) is 4.68 Å². The van der Waals surface area contributed by atoms with Crippen LogP contribution >= 0.6 is 11.6 Å². The van der Waals surface area contributed by atoms with Gasteiger partial charge in [0.25, 0.3) is 10.0 Å². The van der Waals surface area contributed by atoms with Gasteiger partial charge in [0.2, 0.25) is 0 Å². The van der Waals surface area contributed by atoms with Crippen LogP contribution < -0.4 is 10.4 Å². The second-order valence-corrected chi connectivity index (χ2v) is 13.8. The maximum atomic E-state index is 13.7. The third-order valence-corrected chi connectivity index (χ3v) is 10.2. The molecule has 0 bridgehead atoms. The van der Waals surface area contributed by atoms with E-state index in [1.807, 2.05) is 24.3 Å². The topological polar surface area (TPSA) is 132 Å². The molecule has 10 nitrogen and oxygen atoms in total. The molecule has 0 spiro atoms. The van der Waals surface area contributed by atoms with Gasteiger partial charge in [-0.1, -0.05) is 78.6 Å². The minimum absolute atomic E-state index is 0.0473. The number of nitrogens with one attached hydrogen (secondary N) is 1. The monoisotopic (exact) mass is 661 g/mol. The molecule has 6 rings (SSSR count). The summed E-state index contributed by atoms with van der Waals surface area (Å²) in [7, 11) is -4.08. The van der Waals surface area contributed by atoms with Crippen molar-refractivity contribution in [3.05, 3.63) is 111 Å². The number of sulfonamides is 1. The third kappa shape index (κ3) is 6.27. The summed E-state index contributed by atoms with van der Waals surface area (Å²) in [5.41, 5.74) is 3.23. The van der Waals surface area contributed by atoms with Crippen LogP contribution in [0.25, 0.3) is 16.8 Å². The zero-order valence-electron chi connectivity index (χ0n) is 25.9. The van der Waals surface area contributed by atoms with Gasteiger partial charge in [0.15, 0.2) is 5.82 Å². The van der Waals surface area contributed by atoms with E-state index in [1.165, 1.54) is 10.7 Å². The Morgan fingerprint density at radius 2 is 1.80 bits per heavy atom. The van der Waals surface area contributed by atoms with E-state index in [9.17, 15) is 18.3 Å². The fraction of sp³-hybridized carbons (Fsp3) is 0.324. The van der Waals surface area contributed by atoms with Gasteiger partial charge in [0, 0.05) is 17.5 Å². The van der Waals surface area contributed by atoms with E-state index in [-0.39, 0.29) is 28.9 Å². The SMILES string of the molecule is CCCCc1nn(-c2ccccc2Cl)c(=O)n1Cc1ccc(-c2ccccc2S(=O)(=O)Nc2noc(C)c2C)c(C(O)C2CC2)c1. The Morgan fingerprint density at radius 3 is 2.50 bits per heavy atom. The summed E-state index contributed by atoms with van der Waals surface area (Å²) in [6.45, 7) is 5.75. The number of aliphatic hydroxyl groups excluding tert-OH is 1. The summed E-state index contributed by atoms with van der Waals surface area (Å²) in [5.74, 6) is 1.36. The van der Waals surface area contributed by atoms with Crippen molar-refractivity contribution in [3.8, 4) is 16.8 Å². The second kappa shape index (κ2) is 12.9. The summed E-state index contributed by atoms with van der Waals surface area (Å²) < 4.78 is 38.1. The zero-order chi connectivity index (χ0) is 32.6. The molecule has 1 aliphatic rings. The molecule has 2 heterocycles. The van der Waals surface area contributed by atoms with Gasteiger partial charge >= 0.3 is 5.69 Å². The lowest BCUT2D eigenvalue weighted by atomic mass is 9.92. The zero-order valence-corrected chi connectivity index (χ0v) is 27.5. The van der Waals surface area contributed by atoms with Crippen molar-refractivity contribution in [2.75, 3.05) is 4.72 Å². The van der Waals surface area contributed by atoms with Crippen molar-refractivity contribution < 1.29 is 18.0 Å². The average molecular weight is 662 g/mol. The van der Waals surface area contributed by atoms with Crippen LogP contribution in [0.3, 0.4) is 0 Å². The number of aryl methyl sites for hydroxylation is 2. The molecule has 46 heavy (non-hydrogen) atoms. The molecule has 1 fully saturated rings. The van der Waals surface area contributed by atoms with Gasteiger partial charge in [0.1, 0.15) is 11.6 Å². The van der Waals surface area contributed by atoms with Gasteiger partial charge < -0.3 is 9.63 Å². The van der Waals surface area contributed by atoms with Crippen molar-refractivity contribution in [2.45, 2.75) is 70.4 Å². The lowest BCUT2D eigenvalue weighted by molar-refractivity contribution is 0.154. The molecule has 0 radical (unpaired) electrons. The molecule has 2 aromatic heterocycles. The summed E-state index contributed by atoms with van der Waals surface area (Å²) in [5, 5.41) is 20.4. The molecule has 240 valence electrons. The molecule has 2 N–H and O–H groups in total. The number of para-hydroxylation sites is 1. The predicted molar refractivity (Wildman–Crippen MR) is 177 cm³/mol. The first-order chi connectivity index (χ1) is 22.1. The molecular formula is C34H36ClN5O5S. The first-order valence-corrected chi connectivity index (χ1v) is 17.2. The molecule has 1 saturated carbocycles. The quantitative estimate of drug-likeness (QED) is 0.154. The Kier molecular flexibility index (Phi) is 8.91. The van der Waals surface area contributed by atoms with E-state index in [0.29, 0.717) is 51.0 Å². The number of rotatable bonds is 12. The van der Waals surface area contributed by atoms with Crippen molar-refractivity contribution in [1.29, 1.82) is 0 Å². The summed E-state index contributed by atoms with van der Waals surface area (Å²) >= 11 is 6.43. The van der Waals surface area contributed by atoms with Crippen LogP contribution in [0.2, 0.25) is 5.02 Å². The van der Waals surface area contributed by atoms with Crippen LogP contribution in [0.5, 0.6) is 0 Å². The minimum atomic E-state index is -4.08. The van der Waals surface area contributed by atoms with Gasteiger partial charge in [-0.05, 0) is 73.9 Å². The number of halogens is 1. The van der Waals surface area contributed by atoms with Crippen molar-refractivity contribution in [1.82, 2.24) is 19.5 Å². The molecule has 12 heteroatoms. The molecule has 3 aromatic carbocycles. The minimum Gasteiger partial charge on any atom is -0.388 e. The highest BCUT2D eigenvalue weighted by Crippen LogP contribution is 2.45. The number of nitrogens with zero attached hydrogens (tertiary/aromatic N) is 4. The Morgan fingerprint density at radius 1 is 1.07 bits per heavy atom. The van der Waals surface area contributed by atoms with Crippen molar-refractivity contribution >= 4 is 27.4 Å². The van der Waals surface area contributed by atoms with E-state index in [4.69, 9.17) is 16.1 Å². The summed E-state index contributed by atoms with van der Waals surface area (Å²) in [6, 6.07) is 19.3. The van der Waals surface area contributed by atoms with Gasteiger partial charge in [-0.25, -0.2) is 13.2 Å². The lowest BCUT2D eigenvalue weighted by Gasteiger charge is -2.19. The van der Waals surface area contributed by atoms with Crippen LogP contribution in [0.4, 0.5) is 5.82 Å². The number of hydrogen-bond acceptors (Lipinski definition) is 7. The molecule has 1 atom stereocenters. The highest BCUT2D eigenvalue weighted by Gasteiger charge is 2.33. The fourth-order valence-electron chi connectivity index (χ4n) is 5.56. The average Bonchev–Trinajstić information content (AvgIpc) is 3.80. The van der Waals surface area contributed by atoms with Crippen LogP contribution in [0, 0.1) is 19.8 Å². The van der Waals surface area contributed by atoms with Crippen LogP contribution in [-0.4, -0.2) is 33.0 Å². The second-order valence-electron chi connectivity index (χ2n) is 11.8. The maximum absolute atomic E-state index is 13.7. The van der Waals surface area contributed by atoms with Gasteiger partial charge in [-0.15, -0.1) is 5.10 Å². The smallest absolute Gasteiger partial charge is 0.351 e. The number of benzene rings is 3. The molecule has 5 aromatic rings. The fourth-order valence-corrected chi connectivity index (χ4v) is 7.06. The standard InChI is InChI=1S/C34H36ClN5O5S/c1-4-5-14-31-36-40(29-12-8-7-11-28(29)35)34(42)39(31)20-23-15-18-25(27(19-23)32(41)24-16-17-24)26-10-6-9-13-30(26)46(43,44)38-33-21(2)22(3)45-37-33/h6-13,15,18-19,24,32,41H,4-5,14,16-17,20H2,1-3H3,(H,37,38). The number of unbranched alkanes of at least 4 members (excludes halogenated alkanes) is 1. The van der Waals surface area contributed by atoms with Crippen molar-refractivity contribution in [3.63, 3.8) is 0 Å². The molecular weight excluding hydrogens is 626 g/mol. The van der Waals surface area contributed by atoms with Crippen LogP contribution in [0.1, 0.15) is 67.0 Å². The summed E-state index contributed by atoms with van der Waals surface area (Å²) in [4.78, 5) is 13.8. The highest BCUT2D eigenvalue weighted by molar-refractivity contribution is 7.92. The molecule has 1 aliphatic carbocycles. The van der Waals surface area contributed by atoms with E-state index in [0.717, 1.165) is 31.2 Å². The third-order valence-electron chi connectivity index (χ3n) is 8.47. The Balaban J connectivity index is 1.42. The summed E-state index contributed by atoms with van der Waals surface area (Å²) in [6.07, 6.45) is 3.36. The van der Waals surface area contributed by atoms with Crippen LogP contribution in [-0.2, 0) is 23.0 Å². The number of aliphatic hydroxyl groups is 1. The molecule has 0 saturated heterocycles. The van der Waals surface area contributed by atoms with E-state index >= 15 is 0 Å². The van der Waals surface area contributed by atoms with E-state index < -0.39 is 16.1 Å². The van der Waals surface area contributed by atoms with Gasteiger partial charge in [-0.3, -0.25) is 9.29 Å². The largest absolute Gasteiger partial charge is 0.388 e. The predicted octanol–water partition coefficient (Wildman–Crippen LogP) is 6.59. The highest BCUT2D eigenvalue weighted by atomic mass is 35.5. The van der Waals surface area contributed by atoms with E-state index in [1.54, 1.807) is 54.8 Å². The first-order valence-electron chi connectivity index (χ1n) is 15.4. The number of anilines is 1. The Bertz CT molecular complexity index is 2060. The lowest BCUT2D eigenvalue weighted by Crippen LogP contribution is -2.25. The maximum Gasteiger partial charge on any atom is 0.351 e. The Hall–Kier alpha value is -4.19. The van der Waals surface area contributed by atoms with Crippen LogP contribution in [0.15, 0.2) is 80.9 Å². The van der Waals surface area contributed by atoms with E-state index in [2.05, 4.69) is 21.9 Å². The number of hydrogen-bond donors (Lipinski definition) is 2. The molecule has 0 aliphatic heterocycles. The number of aromatic nitrogens is 4. The van der Waals surface area contributed by atoms with Gasteiger partial charge in [0.05, 0.1) is 28.3 Å². The first kappa shape index (κ1) is 31.8. The molecule has 1 unspecified atom stereocenters. The molecule has 0 amide bonds. The normalized spacial score (nSPS) is 14.0.